The maximum absolute atomic E-state index is 14.1. The van der Waals surface area contributed by atoms with E-state index in [1.165, 1.54) is 44.5 Å². The van der Waals surface area contributed by atoms with Gasteiger partial charge in [0.25, 0.3) is 0 Å². The van der Waals surface area contributed by atoms with Crippen molar-refractivity contribution in [3.05, 3.63) is 42.2 Å². The molecule has 0 bridgehead atoms. The van der Waals surface area contributed by atoms with Crippen LogP contribution in [0, 0.1) is 0 Å². The molecule has 0 aliphatic carbocycles. The van der Waals surface area contributed by atoms with Crippen LogP contribution in [0.1, 0.15) is 70.3 Å². The third-order valence-corrected chi connectivity index (χ3v) is 4.72. The molecule has 0 amide bonds. The molecule has 142 valence electrons. The summed E-state index contributed by atoms with van der Waals surface area (Å²) in [5, 5.41) is 9.23. The molecule has 1 heterocycles. The average Bonchev–Trinajstić information content (AvgIpc) is 2.67. The van der Waals surface area contributed by atoms with Crippen LogP contribution < -0.4 is 0 Å². The molecule has 26 heavy (non-hydrogen) atoms. The number of hydrogen-bond donors (Lipinski definition) is 1. The molecule has 2 rings (SSSR count). The van der Waals surface area contributed by atoms with E-state index in [1.54, 1.807) is 0 Å². The van der Waals surface area contributed by atoms with E-state index < -0.39 is 6.17 Å². The van der Waals surface area contributed by atoms with Crippen molar-refractivity contribution in [2.45, 2.75) is 77.3 Å². The molecule has 1 atom stereocenters. The Balaban J connectivity index is 1.65. The van der Waals surface area contributed by atoms with Crippen LogP contribution in [-0.2, 0) is 6.42 Å². The first-order valence-electron chi connectivity index (χ1n) is 9.93. The van der Waals surface area contributed by atoms with Crippen LogP contribution in [0.4, 0.5) is 4.39 Å². The van der Waals surface area contributed by atoms with Gasteiger partial charge in [-0.25, -0.2) is 14.4 Å². The summed E-state index contributed by atoms with van der Waals surface area (Å²) in [7, 11) is 0. The molecule has 0 radical (unpaired) electrons. The Morgan fingerprint density at radius 1 is 0.885 bits per heavy atom. The van der Waals surface area contributed by atoms with Crippen LogP contribution in [0.15, 0.2) is 36.7 Å². The van der Waals surface area contributed by atoms with Gasteiger partial charge < -0.3 is 5.11 Å². The fourth-order valence-corrected chi connectivity index (χ4v) is 3.08. The van der Waals surface area contributed by atoms with Crippen LogP contribution >= 0.6 is 0 Å². The highest BCUT2D eigenvalue weighted by Gasteiger charge is 2.07. The van der Waals surface area contributed by atoms with Crippen LogP contribution in [0.25, 0.3) is 11.4 Å². The van der Waals surface area contributed by atoms with Crippen molar-refractivity contribution in [1.82, 2.24) is 9.97 Å². The Morgan fingerprint density at radius 3 is 2.15 bits per heavy atom. The monoisotopic (exact) mass is 358 g/mol. The van der Waals surface area contributed by atoms with Gasteiger partial charge in [-0.3, -0.25) is 0 Å². The number of aromatic nitrogens is 2. The fourth-order valence-electron chi connectivity index (χ4n) is 3.08. The van der Waals surface area contributed by atoms with Gasteiger partial charge in [-0.2, -0.15) is 0 Å². The molecular formula is C22H31FN2O. The lowest BCUT2D eigenvalue weighted by molar-refractivity contribution is 0.287. The minimum atomic E-state index is -0.703. The molecule has 3 nitrogen and oxygen atoms in total. The maximum atomic E-state index is 14.1. The lowest BCUT2D eigenvalue weighted by atomic mass is 10.0. The SMILES string of the molecule is CCCCCCCCC[C@@H](F)CCc1ccc(-c2ncc(O)cn2)cc1. The molecule has 0 spiro atoms. The Hall–Kier alpha value is -1.97. The largest absolute Gasteiger partial charge is 0.505 e. The molecule has 0 saturated carbocycles. The summed E-state index contributed by atoms with van der Waals surface area (Å²) < 4.78 is 14.1. The first kappa shape index (κ1) is 20.3. The number of benzene rings is 1. The normalized spacial score (nSPS) is 12.2. The van der Waals surface area contributed by atoms with E-state index >= 15 is 0 Å². The van der Waals surface area contributed by atoms with E-state index in [1.807, 2.05) is 24.3 Å². The third kappa shape index (κ3) is 7.51. The molecule has 0 fully saturated rings. The van der Waals surface area contributed by atoms with E-state index in [4.69, 9.17) is 0 Å². The highest BCUT2D eigenvalue weighted by Crippen LogP contribution is 2.19. The fraction of sp³-hybridized carbons (Fsp3) is 0.545. The van der Waals surface area contributed by atoms with Gasteiger partial charge in [-0.15, -0.1) is 0 Å². The van der Waals surface area contributed by atoms with Gasteiger partial charge in [-0.1, -0.05) is 76.1 Å². The van der Waals surface area contributed by atoms with Crippen molar-refractivity contribution in [3.8, 4) is 17.1 Å². The van der Waals surface area contributed by atoms with Gasteiger partial charge in [-0.05, 0) is 24.8 Å². The molecule has 0 aliphatic rings. The Bertz CT molecular complexity index is 613. The molecule has 1 aromatic heterocycles. The number of alkyl halides is 1. The van der Waals surface area contributed by atoms with E-state index in [2.05, 4.69) is 16.9 Å². The zero-order valence-corrected chi connectivity index (χ0v) is 15.8. The second-order valence-corrected chi connectivity index (χ2v) is 7.01. The van der Waals surface area contributed by atoms with E-state index in [0.717, 1.165) is 30.4 Å². The Morgan fingerprint density at radius 2 is 1.50 bits per heavy atom. The molecule has 1 aromatic carbocycles. The van der Waals surface area contributed by atoms with Gasteiger partial charge in [0.15, 0.2) is 11.6 Å². The number of hydrogen-bond acceptors (Lipinski definition) is 3. The molecule has 0 unspecified atom stereocenters. The summed E-state index contributed by atoms with van der Waals surface area (Å²) in [6.07, 6.45) is 12.7. The quantitative estimate of drug-likeness (QED) is 0.455. The number of rotatable bonds is 12. The number of halogens is 1. The van der Waals surface area contributed by atoms with Gasteiger partial charge in [0, 0.05) is 5.56 Å². The molecule has 4 heteroatoms. The predicted molar refractivity (Wildman–Crippen MR) is 105 cm³/mol. The topological polar surface area (TPSA) is 46.0 Å². The van der Waals surface area contributed by atoms with Crippen LogP contribution in [0.5, 0.6) is 5.75 Å². The predicted octanol–water partition coefficient (Wildman–Crippen LogP) is 6.26. The highest BCUT2D eigenvalue weighted by molar-refractivity contribution is 5.55. The summed E-state index contributed by atoms with van der Waals surface area (Å²) in [6.45, 7) is 2.22. The second-order valence-electron chi connectivity index (χ2n) is 7.01. The molecule has 0 saturated heterocycles. The maximum Gasteiger partial charge on any atom is 0.159 e. The van der Waals surface area contributed by atoms with Crippen molar-refractivity contribution >= 4 is 0 Å². The molecule has 1 N–H and O–H groups in total. The summed E-state index contributed by atoms with van der Waals surface area (Å²) in [6, 6.07) is 7.91. The first-order chi connectivity index (χ1) is 12.7. The first-order valence-corrected chi connectivity index (χ1v) is 9.93. The van der Waals surface area contributed by atoms with Gasteiger partial charge >= 0.3 is 0 Å². The lowest BCUT2D eigenvalue weighted by Crippen LogP contribution is -2.02. The Labute approximate surface area is 156 Å². The standard InChI is InChI=1S/C22H31FN2O/c1-2-3-4-5-6-7-8-9-20(23)15-12-18-10-13-19(14-11-18)22-24-16-21(26)17-25-22/h10-11,13-14,16-17,20,26H,2-9,12,15H2,1H3/t20-/m1/s1. The van der Waals surface area contributed by atoms with Crippen LogP contribution in [0.3, 0.4) is 0 Å². The summed E-state index contributed by atoms with van der Waals surface area (Å²) >= 11 is 0. The van der Waals surface area contributed by atoms with Crippen molar-refractivity contribution < 1.29 is 9.50 Å². The highest BCUT2D eigenvalue weighted by atomic mass is 19.1. The minimum absolute atomic E-state index is 0.0558. The van der Waals surface area contributed by atoms with Crippen LogP contribution in [0.2, 0.25) is 0 Å². The number of unbranched alkanes of at least 4 members (excludes halogenated alkanes) is 6. The number of nitrogens with zero attached hydrogens (tertiary/aromatic N) is 2. The molecule has 0 aliphatic heterocycles. The van der Waals surface area contributed by atoms with Crippen LogP contribution in [-0.4, -0.2) is 21.2 Å². The average molecular weight is 359 g/mol. The van der Waals surface area contributed by atoms with Gasteiger partial charge in [0.05, 0.1) is 12.4 Å². The number of aryl methyl sites for hydroxylation is 1. The summed E-state index contributed by atoms with van der Waals surface area (Å²) in [5.41, 5.74) is 2.03. The summed E-state index contributed by atoms with van der Waals surface area (Å²) in [4.78, 5) is 8.19. The van der Waals surface area contributed by atoms with Crippen molar-refractivity contribution in [3.63, 3.8) is 0 Å². The van der Waals surface area contributed by atoms with E-state index in [0.29, 0.717) is 18.7 Å². The Kier molecular flexibility index (Phi) is 9.08. The summed E-state index contributed by atoms with van der Waals surface area (Å²) in [5.74, 6) is 0.636. The minimum Gasteiger partial charge on any atom is -0.505 e. The smallest absolute Gasteiger partial charge is 0.159 e. The van der Waals surface area contributed by atoms with Crippen molar-refractivity contribution in [1.29, 1.82) is 0 Å². The molecule has 2 aromatic rings. The van der Waals surface area contributed by atoms with E-state index in [-0.39, 0.29) is 5.75 Å². The third-order valence-electron chi connectivity index (χ3n) is 4.72. The van der Waals surface area contributed by atoms with E-state index in [9.17, 15) is 9.50 Å². The number of aromatic hydroxyl groups is 1. The van der Waals surface area contributed by atoms with Gasteiger partial charge in [0.2, 0.25) is 0 Å². The lowest BCUT2D eigenvalue weighted by Gasteiger charge is -2.09. The van der Waals surface area contributed by atoms with Gasteiger partial charge in [0.1, 0.15) is 6.17 Å². The second kappa shape index (κ2) is 11.6. The zero-order valence-electron chi connectivity index (χ0n) is 15.8. The zero-order chi connectivity index (χ0) is 18.6. The van der Waals surface area contributed by atoms with Crippen molar-refractivity contribution in [2.75, 3.05) is 0 Å². The van der Waals surface area contributed by atoms with Crippen molar-refractivity contribution in [2.24, 2.45) is 0 Å². The molecular weight excluding hydrogens is 327 g/mol.